The fraction of sp³-hybridized carbons (Fsp3) is 0.160. The molecule has 0 atom stereocenters. The number of aryl methyl sites for hydroxylation is 1. The van der Waals surface area contributed by atoms with Crippen molar-refractivity contribution in [2.75, 3.05) is 12.4 Å². The highest BCUT2D eigenvalue weighted by Gasteiger charge is 2.11. The number of hydrogen-bond donors (Lipinski definition) is 2. The number of rotatable bonds is 7. The molecule has 33 heavy (non-hydrogen) atoms. The van der Waals surface area contributed by atoms with Crippen molar-refractivity contribution >= 4 is 28.2 Å². The third-order valence-electron chi connectivity index (χ3n) is 5.16. The van der Waals surface area contributed by atoms with Gasteiger partial charge >= 0.3 is 0 Å². The third kappa shape index (κ3) is 4.92. The molecule has 0 saturated carbocycles. The first kappa shape index (κ1) is 22.2. The van der Waals surface area contributed by atoms with E-state index >= 15 is 0 Å². The Morgan fingerprint density at radius 2 is 2.00 bits per heavy atom. The van der Waals surface area contributed by atoms with Crippen molar-refractivity contribution in [3.05, 3.63) is 92.5 Å². The van der Waals surface area contributed by atoms with E-state index in [-0.39, 0.29) is 12.1 Å². The number of hydrogen-bond acceptors (Lipinski definition) is 6. The molecule has 166 valence electrons. The minimum absolute atomic E-state index is 0.251. The third-order valence-corrected chi connectivity index (χ3v) is 5.53. The Morgan fingerprint density at radius 1 is 1.15 bits per heavy atom. The zero-order chi connectivity index (χ0) is 23.4. The van der Waals surface area contributed by atoms with Crippen LogP contribution in [0.15, 0.2) is 59.5 Å². The Labute approximate surface area is 195 Å². The number of halogens is 1. The average molecular weight is 461 g/mol. The summed E-state index contributed by atoms with van der Waals surface area (Å²) < 4.78 is 11.1. The summed E-state index contributed by atoms with van der Waals surface area (Å²) in [5.74, 6) is 0.959. The number of aromatic nitrogens is 2. The van der Waals surface area contributed by atoms with E-state index in [0.29, 0.717) is 39.8 Å². The second-order valence-corrected chi connectivity index (χ2v) is 7.82. The standard InChI is InChI=1S/C25H21ClN4O3/c1-15-9-16(7-8-28-15)14-33-21-6-4-17-10-19(25(31)30-24(17)23(21)26)13-29-20-5-3-18(12-27)22(11-20)32-2/h3-11,29H,13-14H2,1-2H3,(H,30,31). The van der Waals surface area contributed by atoms with Gasteiger partial charge in [0.2, 0.25) is 0 Å². The van der Waals surface area contributed by atoms with Crippen molar-refractivity contribution < 1.29 is 9.47 Å². The quantitative estimate of drug-likeness (QED) is 0.404. The van der Waals surface area contributed by atoms with Crippen LogP contribution in [0.25, 0.3) is 10.9 Å². The SMILES string of the molecule is COc1cc(NCc2cc3ccc(OCc4ccnc(C)c4)c(Cl)c3[nH]c2=O)ccc1C#N. The van der Waals surface area contributed by atoms with Gasteiger partial charge in [0, 0.05) is 41.1 Å². The Bertz CT molecular complexity index is 1430. The second-order valence-electron chi connectivity index (χ2n) is 7.44. The highest BCUT2D eigenvalue weighted by Crippen LogP contribution is 2.32. The topological polar surface area (TPSA) is 100 Å². The van der Waals surface area contributed by atoms with Crippen LogP contribution in [0.4, 0.5) is 5.69 Å². The van der Waals surface area contributed by atoms with Crippen LogP contribution in [0, 0.1) is 18.3 Å². The fourth-order valence-electron chi connectivity index (χ4n) is 3.46. The summed E-state index contributed by atoms with van der Waals surface area (Å²) in [5, 5.41) is 13.4. The minimum Gasteiger partial charge on any atom is -0.495 e. The zero-order valence-corrected chi connectivity index (χ0v) is 18.9. The average Bonchev–Trinajstić information content (AvgIpc) is 2.82. The molecule has 0 bridgehead atoms. The monoisotopic (exact) mass is 460 g/mol. The van der Waals surface area contributed by atoms with Gasteiger partial charge in [-0.25, -0.2) is 0 Å². The van der Waals surface area contributed by atoms with E-state index in [1.54, 1.807) is 36.5 Å². The Hall–Kier alpha value is -4.02. The predicted octanol–water partition coefficient (Wildman–Crippen LogP) is 4.96. The molecule has 0 amide bonds. The van der Waals surface area contributed by atoms with E-state index in [1.807, 2.05) is 25.1 Å². The van der Waals surface area contributed by atoms with E-state index in [2.05, 4.69) is 21.4 Å². The smallest absolute Gasteiger partial charge is 0.253 e. The number of nitriles is 1. The Morgan fingerprint density at radius 3 is 2.76 bits per heavy atom. The second kappa shape index (κ2) is 9.63. The van der Waals surface area contributed by atoms with Gasteiger partial charge in [-0.1, -0.05) is 11.6 Å². The lowest BCUT2D eigenvalue weighted by molar-refractivity contribution is 0.306. The van der Waals surface area contributed by atoms with E-state index in [9.17, 15) is 4.79 Å². The predicted molar refractivity (Wildman–Crippen MR) is 128 cm³/mol. The van der Waals surface area contributed by atoms with Gasteiger partial charge in [0.05, 0.1) is 18.2 Å². The van der Waals surface area contributed by atoms with Gasteiger partial charge in [0.15, 0.2) is 0 Å². The van der Waals surface area contributed by atoms with Crippen LogP contribution in [0.3, 0.4) is 0 Å². The molecule has 0 spiro atoms. The molecule has 4 rings (SSSR count). The number of benzene rings is 2. The number of pyridine rings is 2. The largest absolute Gasteiger partial charge is 0.495 e. The van der Waals surface area contributed by atoms with Crippen molar-refractivity contribution in [3.8, 4) is 17.6 Å². The van der Waals surface area contributed by atoms with Gasteiger partial charge in [-0.3, -0.25) is 9.78 Å². The van der Waals surface area contributed by atoms with E-state index in [1.165, 1.54) is 7.11 Å². The normalized spacial score (nSPS) is 10.6. The maximum absolute atomic E-state index is 12.7. The molecular weight excluding hydrogens is 440 g/mol. The molecule has 2 heterocycles. The van der Waals surface area contributed by atoms with Gasteiger partial charge in [-0.15, -0.1) is 0 Å². The number of methoxy groups -OCH3 is 1. The summed E-state index contributed by atoms with van der Waals surface area (Å²) in [6.07, 6.45) is 1.73. The molecule has 0 saturated heterocycles. The van der Waals surface area contributed by atoms with E-state index in [4.69, 9.17) is 26.3 Å². The van der Waals surface area contributed by atoms with Crippen LogP contribution in [-0.2, 0) is 13.2 Å². The summed E-state index contributed by atoms with van der Waals surface area (Å²) in [6, 6.07) is 16.5. The number of anilines is 1. The number of aromatic amines is 1. The van der Waals surface area contributed by atoms with Crippen molar-refractivity contribution in [2.45, 2.75) is 20.1 Å². The van der Waals surface area contributed by atoms with Crippen LogP contribution in [0.5, 0.6) is 11.5 Å². The van der Waals surface area contributed by atoms with Crippen molar-refractivity contribution in [1.29, 1.82) is 5.26 Å². The van der Waals surface area contributed by atoms with Crippen LogP contribution in [0.1, 0.15) is 22.4 Å². The molecule has 8 heteroatoms. The first-order chi connectivity index (χ1) is 16.0. The lowest BCUT2D eigenvalue weighted by atomic mass is 10.1. The highest BCUT2D eigenvalue weighted by molar-refractivity contribution is 6.36. The van der Waals surface area contributed by atoms with Gasteiger partial charge in [-0.2, -0.15) is 5.26 Å². The highest BCUT2D eigenvalue weighted by atomic mass is 35.5. The molecular formula is C25H21ClN4O3. The molecule has 2 N–H and O–H groups in total. The maximum atomic E-state index is 12.7. The number of nitrogens with one attached hydrogen (secondary N) is 2. The molecule has 2 aromatic carbocycles. The summed E-state index contributed by atoms with van der Waals surface area (Å²) in [6.45, 7) is 2.55. The summed E-state index contributed by atoms with van der Waals surface area (Å²) in [4.78, 5) is 19.7. The van der Waals surface area contributed by atoms with Gasteiger partial charge in [0.1, 0.15) is 29.2 Å². The lowest BCUT2D eigenvalue weighted by Crippen LogP contribution is -2.16. The number of H-pyrrole nitrogens is 1. The molecule has 7 nitrogen and oxygen atoms in total. The molecule has 0 aliphatic heterocycles. The molecule has 0 aliphatic carbocycles. The molecule has 0 fully saturated rings. The van der Waals surface area contributed by atoms with Gasteiger partial charge in [-0.05, 0) is 55.0 Å². The molecule has 2 aromatic heterocycles. The van der Waals surface area contributed by atoms with E-state index in [0.717, 1.165) is 22.3 Å². The van der Waals surface area contributed by atoms with Crippen molar-refractivity contribution in [1.82, 2.24) is 9.97 Å². The van der Waals surface area contributed by atoms with E-state index < -0.39 is 0 Å². The first-order valence-electron chi connectivity index (χ1n) is 10.2. The minimum atomic E-state index is -0.251. The van der Waals surface area contributed by atoms with Crippen LogP contribution < -0.4 is 20.3 Å². The first-order valence-corrected chi connectivity index (χ1v) is 10.6. The van der Waals surface area contributed by atoms with Crippen molar-refractivity contribution in [3.63, 3.8) is 0 Å². The molecule has 0 aliphatic rings. The lowest BCUT2D eigenvalue weighted by Gasteiger charge is -2.12. The number of ether oxygens (including phenoxy) is 2. The molecule has 4 aromatic rings. The molecule has 0 radical (unpaired) electrons. The van der Waals surface area contributed by atoms with Gasteiger partial charge in [0.25, 0.3) is 5.56 Å². The van der Waals surface area contributed by atoms with Crippen LogP contribution in [-0.4, -0.2) is 17.1 Å². The van der Waals surface area contributed by atoms with Crippen LogP contribution >= 0.6 is 11.6 Å². The van der Waals surface area contributed by atoms with Crippen LogP contribution in [0.2, 0.25) is 5.02 Å². The zero-order valence-electron chi connectivity index (χ0n) is 18.1. The van der Waals surface area contributed by atoms with Gasteiger partial charge < -0.3 is 19.8 Å². The summed E-state index contributed by atoms with van der Waals surface area (Å²) in [5.41, 5.74) is 3.88. The molecule has 0 unspecified atom stereocenters. The Balaban J connectivity index is 1.53. The Kier molecular flexibility index (Phi) is 6.48. The fourth-order valence-corrected chi connectivity index (χ4v) is 3.73. The summed E-state index contributed by atoms with van der Waals surface area (Å²) >= 11 is 6.53. The summed E-state index contributed by atoms with van der Waals surface area (Å²) in [7, 11) is 1.51. The number of nitrogens with zero attached hydrogens (tertiary/aromatic N) is 2. The maximum Gasteiger partial charge on any atom is 0.253 e. The number of fused-ring (bicyclic) bond motifs is 1. The van der Waals surface area contributed by atoms with Crippen molar-refractivity contribution in [2.24, 2.45) is 0 Å².